The molecule has 0 aromatic rings. The molecule has 0 heterocycles. The monoisotopic (exact) mass is 122 g/mol. The van der Waals surface area contributed by atoms with Crippen LogP contribution in [-0.2, 0) is 0 Å². The van der Waals surface area contributed by atoms with E-state index in [2.05, 4.69) is 6.08 Å². The minimum absolute atomic E-state index is 0.140. The highest BCUT2D eigenvalue weighted by Gasteiger charge is 1.87. The van der Waals surface area contributed by atoms with Gasteiger partial charge in [0.25, 0.3) is 0 Å². The predicted octanol–water partition coefficient (Wildman–Crippen LogP) is 1.42. The fourth-order valence-corrected chi connectivity index (χ4v) is 0.729. The maximum absolute atomic E-state index is 8.66. The molecule has 1 aliphatic rings. The standard InChI is InChI=1S/C8H10O/c9-7-8-5-3-1-2-4-6-8/h1,3-6,9H,2,7H2. The number of rotatable bonds is 1. The molecule has 1 aliphatic carbocycles. The Hall–Kier alpha value is -0.820. The first-order chi connectivity index (χ1) is 4.43. The van der Waals surface area contributed by atoms with Crippen LogP contribution in [0.1, 0.15) is 6.42 Å². The quantitative estimate of drug-likeness (QED) is 0.557. The lowest BCUT2D eigenvalue weighted by Gasteiger charge is -1.89. The number of aliphatic hydroxyl groups is 1. The fraction of sp³-hybridized carbons (Fsp3) is 0.250. The second kappa shape index (κ2) is 3.25. The van der Waals surface area contributed by atoms with Gasteiger partial charge in [0.05, 0.1) is 6.61 Å². The van der Waals surface area contributed by atoms with Crippen molar-refractivity contribution < 1.29 is 5.11 Å². The van der Waals surface area contributed by atoms with Gasteiger partial charge in [-0.1, -0.05) is 30.4 Å². The van der Waals surface area contributed by atoms with E-state index < -0.39 is 0 Å². The first kappa shape index (κ1) is 6.30. The number of hydrogen-bond donors (Lipinski definition) is 1. The molecule has 0 spiro atoms. The molecule has 9 heavy (non-hydrogen) atoms. The predicted molar refractivity (Wildman–Crippen MR) is 38.1 cm³/mol. The average molecular weight is 122 g/mol. The van der Waals surface area contributed by atoms with Crippen molar-refractivity contribution in [3.8, 4) is 0 Å². The first-order valence-corrected chi connectivity index (χ1v) is 3.06. The van der Waals surface area contributed by atoms with Crippen molar-refractivity contribution in [3.63, 3.8) is 0 Å². The zero-order valence-corrected chi connectivity index (χ0v) is 5.25. The van der Waals surface area contributed by atoms with Gasteiger partial charge in [-0.3, -0.25) is 0 Å². The Bertz CT molecular complexity index is 163. The van der Waals surface area contributed by atoms with Crippen molar-refractivity contribution in [1.82, 2.24) is 0 Å². The van der Waals surface area contributed by atoms with Crippen LogP contribution >= 0.6 is 0 Å². The maximum atomic E-state index is 8.66. The molecule has 48 valence electrons. The minimum atomic E-state index is 0.140. The van der Waals surface area contributed by atoms with Gasteiger partial charge in [-0.2, -0.15) is 0 Å². The lowest BCUT2D eigenvalue weighted by molar-refractivity contribution is 0.335. The summed E-state index contributed by atoms with van der Waals surface area (Å²) in [5.41, 5.74) is 0.976. The highest BCUT2D eigenvalue weighted by molar-refractivity contribution is 5.27. The molecule has 1 heteroatoms. The summed E-state index contributed by atoms with van der Waals surface area (Å²) in [5.74, 6) is 0. The van der Waals surface area contributed by atoms with E-state index in [9.17, 15) is 0 Å². The van der Waals surface area contributed by atoms with Crippen molar-refractivity contribution in [3.05, 3.63) is 36.0 Å². The smallest absolute Gasteiger partial charge is 0.0681 e. The van der Waals surface area contributed by atoms with Gasteiger partial charge in [-0.15, -0.1) is 0 Å². The van der Waals surface area contributed by atoms with Crippen LogP contribution in [0, 0.1) is 0 Å². The Balaban J connectivity index is 2.67. The molecular formula is C8H10O. The lowest BCUT2D eigenvalue weighted by Crippen LogP contribution is -1.82. The van der Waals surface area contributed by atoms with Gasteiger partial charge in [0.15, 0.2) is 0 Å². The molecule has 0 atom stereocenters. The average Bonchev–Trinajstić information content (AvgIpc) is 2.13. The topological polar surface area (TPSA) is 20.2 Å². The summed E-state index contributed by atoms with van der Waals surface area (Å²) >= 11 is 0. The molecule has 0 aliphatic heterocycles. The summed E-state index contributed by atoms with van der Waals surface area (Å²) in [5, 5.41) is 8.66. The normalized spacial score (nSPS) is 17.2. The molecule has 1 rings (SSSR count). The Morgan fingerprint density at radius 1 is 1.44 bits per heavy atom. The van der Waals surface area contributed by atoms with Gasteiger partial charge in [0.1, 0.15) is 0 Å². The van der Waals surface area contributed by atoms with E-state index in [-0.39, 0.29) is 6.61 Å². The summed E-state index contributed by atoms with van der Waals surface area (Å²) in [6.07, 6.45) is 10.9. The van der Waals surface area contributed by atoms with E-state index >= 15 is 0 Å². The molecule has 0 aromatic carbocycles. The fourth-order valence-electron chi connectivity index (χ4n) is 0.729. The molecule has 1 N–H and O–H groups in total. The summed E-state index contributed by atoms with van der Waals surface area (Å²) in [4.78, 5) is 0. The molecule has 0 radical (unpaired) electrons. The van der Waals surface area contributed by atoms with E-state index in [1.807, 2.05) is 24.3 Å². The van der Waals surface area contributed by atoms with Crippen LogP contribution in [-0.4, -0.2) is 11.7 Å². The zero-order chi connectivity index (χ0) is 6.53. The van der Waals surface area contributed by atoms with Crippen LogP contribution in [0.2, 0.25) is 0 Å². The Labute approximate surface area is 55.0 Å². The van der Waals surface area contributed by atoms with Crippen molar-refractivity contribution in [2.75, 3.05) is 6.61 Å². The molecular weight excluding hydrogens is 112 g/mol. The molecule has 1 nitrogen and oxygen atoms in total. The van der Waals surface area contributed by atoms with Crippen LogP contribution < -0.4 is 0 Å². The van der Waals surface area contributed by atoms with Crippen molar-refractivity contribution in [2.45, 2.75) is 6.42 Å². The third-order valence-electron chi connectivity index (χ3n) is 1.23. The number of aliphatic hydroxyl groups excluding tert-OH is 1. The van der Waals surface area contributed by atoms with E-state index in [0.717, 1.165) is 12.0 Å². The highest BCUT2D eigenvalue weighted by atomic mass is 16.3. The lowest BCUT2D eigenvalue weighted by atomic mass is 10.2. The van der Waals surface area contributed by atoms with Crippen LogP contribution in [0.4, 0.5) is 0 Å². The second-order valence-electron chi connectivity index (χ2n) is 1.97. The van der Waals surface area contributed by atoms with Crippen LogP contribution in [0.5, 0.6) is 0 Å². The third kappa shape index (κ3) is 1.86. The van der Waals surface area contributed by atoms with Gasteiger partial charge in [-0.05, 0) is 12.0 Å². The van der Waals surface area contributed by atoms with E-state index in [1.54, 1.807) is 0 Å². The summed E-state index contributed by atoms with van der Waals surface area (Å²) in [6, 6.07) is 0. The molecule has 0 bridgehead atoms. The summed E-state index contributed by atoms with van der Waals surface area (Å²) in [7, 11) is 0. The maximum Gasteiger partial charge on any atom is 0.0681 e. The van der Waals surface area contributed by atoms with Gasteiger partial charge >= 0.3 is 0 Å². The molecule has 0 unspecified atom stereocenters. The van der Waals surface area contributed by atoms with Crippen molar-refractivity contribution in [2.24, 2.45) is 0 Å². The Morgan fingerprint density at radius 2 is 2.33 bits per heavy atom. The highest BCUT2D eigenvalue weighted by Crippen LogP contribution is 2.02. The van der Waals surface area contributed by atoms with Crippen LogP contribution in [0.3, 0.4) is 0 Å². The molecule has 0 fully saturated rings. The first-order valence-electron chi connectivity index (χ1n) is 3.06. The summed E-state index contributed by atoms with van der Waals surface area (Å²) < 4.78 is 0. The third-order valence-corrected chi connectivity index (χ3v) is 1.23. The number of hydrogen-bond acceptors (Lipinski definition) is 1. The zero-order valence-electron chi connectivity index (χ0n) is 5.25. The van der Waals surface area contributed by atoms with Crippen molar-refractivity contribution >= 4 is 0 Å². The van der Waals surface area contributed by atoms with Crippen LogP contribution in [0.15, 0.2) is 36.0 Å². The molecule has 0 saturated heterocycles. The van der Waals surface area contributed by atoms with Gasteiger partial charge in [-0.25, -0.2) is 0 Å². The van der Waals surface area contributed by atoms with Gasteiger partial charge < -0.3 is 5.11 Å². The van der Waals surface area contributed by atoms with Gasteiger partial charge in [0.2, 0.25) is 0 Å². The minimum Gasteiger partial charge on any atom is -0.392 e. The summed E-state index contributed by atoms with van der Waals surface area (Å²) in [6.45, 7) is 0.140. The van der Waals surface area contributed by atoms with E-state index in [0.29, 0.717) is 0 Å². The number of allylic oxidation sites excluding steroid dienone is 4. The second-order valence-corrected chi connectivity index (χ2v) is 1.97. The van der Waals surface area contributed by atoms with E-state index in [1.165, 1.54) is 0 Å². The van der Waals surface area contributed by atoms with Crippen molar-refractivity contribution in [1.29, 1.82) is 0 Å². The molecule has 0 aromatic heterocycles. The van der Waals surface area contributed by atoms with E-state index in [4.69, 9.17) is 5.11 Å². The molecule has 0 saturated carbocycles. The molecule has 0 amide bonds. The largest absolute Gasteiger partial charge is 0.392 e. The Kier molecular flexibility index (Phi) is 2.28. The van der Waals surface area contributed by atoms with Gasteiger partial charge in [0, 0.05) is 0 Å². The van der Waals surface area contributed by atoms with Crippen LogP contribution in [0.25, 0.3) is 0 Å². The SMILES string of the molecule is OCC1=CC=CCC=C1. The Morgan fingerprint density at radius 3 is 3.11 bits per heavy atom.